The number of benzene rings is 3. The van der Waals surface area contributed by atoms with Crippen LogP contribution in [-0.2, 0) is 6.61 Å². The fourth-order valence-corrected chi connectivity index (χ4v) is 3.40. The molecule has 0 amide bonds. The fraction of sp³-hybridized carbons (Fsp3) is 0.130. The number of methoxy groups -OCH3 is 1. The number of aliphatic imine (C=N–C) groups is 1. The molecule has 29 heavy (non-hydrogen) atoms. The molecule has 3 rings (SSSR count). The zero-order chi connectivity index (χ0) is 20.8. The van der Waals surface area contributed by atoms with E-state index in [1.165, 1.54) is 3.57 Å². The molecule has 1 N–H and O–H groups in total. The SMILES string of the molecule is COc1cccc(C=Nc2ccc(I)cc2C)c1OCc1ccc(C(=O)O)cc1. The Morgan fingerprint density at radius 2 is 1.90 bits per heavy atom. The van der Waals surface area contributed by atoms with Crippen LogP contribution in [0.4, 0.5) is 5.69 Å². The molecule has 0 radical (unpaired) electrons. The van der Waals surface area contributed by atoms with E-state index in [9.17, 15) is 4.79 Å². The summed E-state index contributed by atoms with van der Waals surface area (Å²) in [6.45, 7) is 2.31. The maximum atomic E-state index is 11.0. The molecule has 0 aromatic heterocycles. The van der Waals surface area contributed by atoms with E-state index >= 15 is 0 Å². The average Bonchev–Trinajstić information content (AvgIpc) is 2.72. The maximum absolute atomic E-state index is 11.0. The zero-order valence-electron chi connectivity index (χ0n) is 16.1. The van der Waals surface area contributed by atoms with Crippen molar-refractivity contribution in [1.29, 1.82) is 0 Å². The largest absolute Gasteiger partial charge is 0.493 e. The number of hydrogen-bond acceptors (Lipinski definition) is 4. The van der Waals surface area contributed by atoms with Crippen molar-refractivity contribution in [3.63, 3.8) is 0 Å². The summed E-state index contributed by atoms with van der Waals surface area (Å²) in [7, 11) is 1.59. The number of aromatic carboxylic acids is 1. The second-order valence-corrected chi connectivity index (χ2v) is 7.60. The van der Waals surface area contributed by atoms with E-state index in [0.29, 0.717) is 11.5 Å². The monoisotopic (exact) mass is 501 g/mol. The van der Waals surface area contributed by atoms with E-state index < -0.39 is 5.97 Å². The van der Waals surface area contributed by atoms with E-state index in [4.69, 9.17) is 14.6 Å². The van der Waals surface area contributed by atoms with Crippen LogP contribution in [0.3, 0.4) is 0 Å². The number of carboxylic acids is 1. The van der Waals surface area contributed by atoms with Crippen molar-refractivity contribution in [2.45, 2.75) is 13.5 Å². The van der Waals surface area contributed by atoms with Gasteiger partial charge in [-0.15, -0.1) is 0 Å². The Bertz CT molecular complexity index is 1050. The van der Waals surface area contributed by atoms with Crippen molar-refractivity contribution in [3.05, 3.63) is 86.5 Å². The molecular weight excluding hydrogens is 481 g/mol. The Morgan fingerprint density at radius 3 is 2.55 bits per heavy atom. The second kappa shape index (κ2) is 9.56. The highest BCUT2D eigenvalue weighted by molar-refractivity contribution is 14.1. The van der Waals surface area contributed by atoms with Gasteiger partial charge in [0.2, 0.25) is 0 Å². The van der Waals surface area contributed by atoms with Gasteiger partial charge in [0.25, 0.3) is 0 Å². The molecular formula is C23H20INO4. The predicted octanol–water partition coefficient (Wildman–Crippen LogP) is 5.64. The lowest BCUT2D eigenvalue weighted by molar-refractivity contribution is 0.0697. The maximum Gasteiger partial charge on any atom is 0.335 e. The number of aryl methyl sites for hydroxylation is 1. The Morgan fingerprint density at radius 1 is 1.14 bits per heavy atom. The van der Waals surface area contributed by atoms with E-state index in [1.807, 2.05) is 37.3 Å². The first kappa shape index (κ1) is 20.9. The number of carbonyl (C=O) groups is 1. The van der Waals surface area contributed by atoms with E-state index in [0.717, 1.165) is 22.4 Å². The van der Waals surface area contributed by atoms with E-state index in [-0.39, 0.29) is 12.2 Å². The molecule has 5 nitrogen and oxygen atoms in total. The fourth-order valence-electron chi connectivity index (χ4n) is 2.75. The lowest BCUT2D eigenvalue weighted by Gasteiger charge is -2.13. The minimum absolute atomic E-state index is 0.242. The van der Waals surface area contributed by atoms with E-state index in [1.54, 1.807) is 37.6 Å². The summed E-state index contributed by atoms with van der Waals surface area (Å²) in [4.78, 5) is 15.6. The van der Waals surface area contributed by atoms with Crippen molar-refractivity contribution >= 4 is 40.5 Å². The number of carboxylic acid groups (broad SMARTS) is 1. The molecule has 0 spiro atoms. The lowest BCUT2D eigenvalue weighted by atomic mass is 10.1. The van der Waals surface area contributed by atoms with Crippen LogP contribution >= 0.6 is 22.6 Å². The topological polar surface area (TPSA) is 68.1 Å². The van der Waals surface area contributed by atoms with Gasteiger partial charge >= 0.3 is 5.97 Å². The predicted molar refractivity (Wildman–Crippen MR) is 122 cm³/mol. The molecule has 0 fully saturated rings. The Hall–Kier alpha value is -2.87. The van der Waals surface area contributed by atoms with Crippen molar-refractivity contribution < 1.29 is 19.4 Å². The normalized spacial score (nSPS) is 10.9. The molecule has 0 atom stereocenters. The first-order valence-corrected chi connectivity index (χ1v) is 9.98. The molecule has 3 aromatic carbocycles. The first-order chi connectivity index (χ1) is 14.0. The summed E-state index contributed by atoms with van der Waals surface area (Å²) < 4.78 is 12.6. The van der Waals surface area contributed by atoms with Crippen LogP contribution < -0.4 is 9.47 Å². The van der Waals surface area contributed by atoms with Gasteiger partial charge in [0.1, 0.15) is 6.61 Å². The average molecular weight is 501 g/mol. The van der Waals surface area contributed by atoms with Crippen molar-refractivity contribution in [1.82, 2.24) is 0 Å². The summed E-state index contributed by atoms with van der Waals surface area (Å²) in [5, 5.41) is 9.01. The molecule has 6 heteroatoms. The van der Waals surface area contributed by atoms with Crippen LogP contribution in [-0.4, -0.2) is 24.4 Å². The molecule has 0 unspecified atom stereocenters. The van der Waals surface area contributed by atoms with Gasteiger partial charge < -0.3 is 14.6 Å². The minimum atomic E-state index is -0.952. The molecule has 0 aliphatic heterocycles. The summed E-state index contributed by atoms with van der Waals surface area (Å²) in [6.07, 6.45) is 1.76. The van der Waals surface area contributed by atoms with Gasteiger partial charge in [-0.2, -0.15) is 0 Å². The Labute approximate surface area is 183 Å². The van der Waals surface area contributed by atoms with Crippen molar-refractivity contribution in [2.75, 3.05) is 7.11 Å². The Kier molecular flexibility index (Phi) is 6.87. The third-order valence-electron chi connectivity index (χ3n) is 4.31. The number of halogens is 1. The van der Waals surface area contributed by atoms with Crippen LogP contribution in [0, 0.1) is 10.5 Å². The highest BCUT2D eigenvalue weighted by Gasteiger charge is 2.10. The quantitative estimate of drug-likeness (QED) is 0.336. The third kappa shape index (κ3) is 5.35. The minimum Gasteiger partial charge on any atom is -0.493 e. The van der Waals surface area contributed by atoms with Gasteiger partial charge in [-0.25, -0.2) is 4.79 Å². The molecule has 0 saturated heterocycles. The number of rotatable bonds is 7. The number of hydrogen-bond donors (Lipinski definition) is 1. The number of ether oxygens (including phenoxy) is 2. The highest BCUT2D eigenvalue weighted by atomic mass is 127. The molecule has 0 saturated carbocycles. The summed E-state index contributed by atoms with van der Waals surface area (Å²) in [6, 6.07) is 18.3. The molecule has 0 bridgehead atoms. The van der Waals surface area contributed by atoms with Gasteiger partial charge in [-0.1, -0.05) is 18.2 Å². The van der Waals surface area contributed by atoms with Crippen LogP contribution in [0.5, 0.6) is 11.5 Å². The van der Waals surface area contributed by atoms with Crippen LogP contribution in [0.2, 0.25) is 0 Å². The molecule has 148 valence electrons. The summed E-state index contributed by atoms with van der Waals surface area (Å²) in [5.41, 5.74) is 3.88. The van der Waals surface area contributed by atoms with Crippen LogP contribution in [0.1, 0.15) is 27.0 Å². The molecule has 0 aliphatic rings. The number of nitrogens with zero attached hydrogens (tertiary/aromatic N) is 1. The molecule has 0 heterocycles. The van der Waals surface area contributed by atoms with Crippen molar-refractivity contribution in [2.24, 2.45) is 4.99 Å². The lowest BCUT2D eigenvalue weighted by Crippen LogP contribution is -2.02. The van der Waals surface area contributed by atoms with Gasteiger partial charge in [-0.3, -0.25) is 4.99 Å². The van der Waals surface area contributed by atoms with Gasteiger partial charge in [-0.05, 0) is 83.1 Å². The molecule has 0 aliphatic carbocycles. The second-order valence-electron chi connectivity index (χ2n) is 6.36. The van der Waals surface area contributed by atoms with E-state index in [2.05, 4.69) is 33.6 Å². The third-order valence-corrected chi connectivity index (χ3v) is 4.99. The van der Waals surface area contributed by atoms with Crippen LogP contribution in [0.15, 0.2) is 65.7 Å². The van der Waals surface area contributed by atoms with Gasteiger partial charge in [0, 0.05) is 15.3 Å². The van der Waals surface area contributed by atoms with Gasteiger partial charge in [0.05, 0.1) is 18.4 Å². The van der Waals surface area contributed by atoms with Crippen molar-refractivity contribution in [3.8, 4) is 11.5 Å². The Balaban J connectivity index is 1.84. The molecule has 3 aromatic rings. The summed E-state index contributed by atoms with van der Waals surface area (Å²) >= 11 is 2.28. The van der Waals surface area contributed by atoms with Crippen LogP contribution in [0.25, 0.3) is 0 Å². The smallest absolute Gasteiger partial charge is 0.335 e. The zero-order valence-corrected chi connectivity index (χ0v) is 18.2. The number of para-hydroxylation sites is 1. The van der Waals surface area contributed by atoms with Gasteiger partial charge in [0.15, 0.2) is 11.5 Å². The first-order valence-electron chi connectivity index (χ1n) is 8.90. The highest BCUT2D eigenvalue weighted by Crippen LogP contribution is 2.31. The standard InChI is InChI=1S/C23H20INO4/c1-15-12-19(24)10-11-20(15)25-13-18-4-3-5-21(28-2)22(18)29-14-16-6-8-17(9-7-16)23(26)27/h3-13H,14H2,1-2H3,(H,26,27). The summed E-state index contributed by atoms with van der Waals surface area (Å²) in [5.74, 6) is 0.242.